The smallest absolute Gasteiger partial charge is 0.233 e. The maximum Gasteiger partial charge on any atom is 0.233 e. The summed E-state index contributed by atoms with van der Waals surface area (Å²) in [7, 11) is -3.09. The molecular formula is C21H22N4O3S3. The number of sulfone groups is 1. The summed E-state index contributed by atoms with van der Waals surface area (Å²) in [5.74, 6) is 0.251. The number of anilines is 2. The number of rotatable bonds is 8. The van der Waals surface area contributed by atoms with Gasteiger partial charge in [-0.25, -0.2) is 8.42 Å². The van der Waals surface area contributed by atoms with Gasteiger partial charge in [0.25, 0.3) is 0 Å². The average molecular weight is 475 g/mol. The van der Waals surface area contributed by atoms with Gasteiger partial charge in [-0.3, -0.25) is 4.79 Å². The van der Waals surface area contributed by atoms with E-state index in [-0.39, 0.29) is 29.2 Å². The molecule has 1 amide bonds. The summed E-state index contributed by atoms with van der Waals surface area (Å²) in [6.45, 7) is 0.400. The van der Waals surface area contributed by atoms with Gasteiger partial charge in [-0.15, -0.1) is 10.2 Å². The Morgan fingerprint density at radius 2 is 1.81 bits per heavy atom. The van der Waals surface area contributed by atoms with Crippen LogP contribution in [0.15, 0.2) is 65.0 Å². The molecule has 1 aliphatic rings. The van der Waals surface area contributed by atoms with Crippen molar-refractivity contribution in [2.75, 3.05) is 22.6 Å². The highest BCUT2D eigenvalue weighted by atomic mass is 32.2. The Labute approximate surface area is 189 Å². The number of para-hydroxylation sites is 1. The second-order valence-electron chi connectivity index (χ2n) is 7.22. The summed E-state index contributed by atoms with van der Waals surface area (Å²) in [5.41, 5.74) is 1.90. The topological polar surface area (TPSA) is 92.3 Å². The van der Waals surface area contributed by atoms with E-state index in [0.29, 0.717) is 22.4 Å². The number of benzene rings is 2. The van der Waals surface area contributed by atoms with Gasteiger partial charge in [0.05, 0.1) is 17.3 Å². The van der Waals surface area contributed by atoms with Crippen LogP contribution >= 0.6 is 23.1 Å². The lowest BCUT2D eigenvalue weighted by Crippen LogP contribution is -2.41. The Kier molecular flexibility index (Phi) is 6.89. The molecule has 0 unspecified atom stereocenters. The van der Waals surface area contributed by atoms with Crippen LogP contribution in [0.3, 0.4) is 0 Å². The third-order valence-corrected chi connectivity index (χ3v) is 8.62. The van der Waals surface area contributed by atoms with Crippen LogP contribution in [-0.4, -0.2) is 52.7 Å². The van der Waals surface area contributed by atoms with E-state index in [1.165, 1.54) is 23.1 Å². The van der Waals surface area contributed by atoms with E-state index in [0.717, 1.165) is 11.3 Å². The molecule has 10 heteroatoms. The van der Waals surface area contributed by atoms with Crippen LogP contribution in [0, 0.1) is 0 Å². The fourth-order valence-electron chi connectivity index (χ4n) is 3.39. The molecule has 1 saturated heterocycles. The Morgan fingerprint density at radius 1 is 1.10 bits per heavy atom. The van der Waals surface area contributed by atoms with E-state index in [4.69, 9.17) is 0 Å². The number of aromatic nitrogens is 2. The number of thioether (sulfide) groups is 1. The predicted octanol–water partition coefficient (Wildman–Crippen LogP) is 3.59. The predicted molar refractivity (Wildman–Crippen MR) is 124 cm³/mol. The van der Waals surface area contributed by atoms with Crippen LogP contribution in [0.2, 0.25) is 0 Å². The Morgan fingerprint density at radius 3 is 2.48 bits per heavy atom. The van der Waals surface area contributed by atoms with Crippen molar-refractivity contribution >= 4 is 49.7 Å². The van der Waals surface area contributed by atoms with E-state index in [9.17, 15) is 13.2 Å². The minimum absolute atomic E-state index is 0.0280. The maximum atomic E-state index is 13.1. The van der Waals surface area contributed by atoms with E-state index in [1.807, 2.05) is 60.7 Å². The maximum absolute atomic E-state index is 13.1. The molecule has 0 bridgehead atoms. The highest BCUT2D eigenvalue weighted by Gasteiger charge is 2.34. The minimum atomic E-state index is -3.09. The number of carbonyl (C=O) groups excluding carboxylic acids is 1. The van der Waals surface area contributed by atoms with Crippen LogP contribution in [0.4, 0.5) is 10.8 Å². The van der Waals surface area contributed by atoms with Gasteiger partial charge in [0, 0.05) is 18.3 Å². The lowest BCUT2D eigenvalue weighted by atomic mass is 10.1. The van der Waals surface area contributed by atoms with Crippen LogP contribution in [0.1, 0.15) is 12.0 Å². The molecular weight excluding hydrogens is 452 g/mol. The number of nitrogens with one attached hydrogen (secondary N) is 1. The fraction of sp³-hybridized carbons (Fsp3) is 0.286. The molecule has 0 spiro atoms. The second kappa shape index (κ2) is 9.80. The molecule has 0 aliphatic carbocycles. The van der Waals surface area contributed by atoms with E-state index in [2.05, 4.69) is 15.5 Å². The highest BCUT2D eigenvalue weighted by Crippen LogP contribution is 2.29. The molecule has 4 rings (SSSR count). The SMILES string of the molecule is O=C(CSc1nnc(Nc2ccccc2)s1)N(Cc1ccccc1)[C@@H]1CCS(=O)(=O)C1. The van der Waals surface area contributed by atoms with Crippen LogP contribution in [0.5, 0.6) is 0 Å². The summed E-state index contributed by atoms with van der Waals surface area (Å²) >= 11 is 2.70. The Bertz CT molecular complexity index is 1120. The van der Waals surface area contributed by atoms with Crippen molar-refractivity contribution in [3.63, 3.8) is 0 Å². The molecule has 1 N–H and O–H groups in total. The van der Waals surface area contributed by atoms with Crippen LogP contribution in [-0.2, 0) is 21.2 Å². The molecule has 162 valence electrons. The molecule has 1 aromatic heterocycles. The minimum Gasteiger partial charge on any atom is -0.334 e. The molecule has 0 saturated carbocycles. The average Bonchev–Trinajstić information content (AvgIpc) is 3.37. The first-order chi connectivity index (χ1) is 15.0. The summed E-state index contributed by atoms with van der Waals surface area (Å²) in [5, 5.41) is 12.1. The monoisotopic (exact) mass is 474 g/mol. The summed E-state index contributed by atoms with van der Waals surface area (Å²) in [6, 6.07) is 19.0. The van der Waals surface area contributed by atoms with Crippen molar-refractivity contribution < 1.29 is 13.2 Å². The summed E-state index contributed by atoms with van der Waals surface area (Å²) < 4.78 is 24.7. The van der Waals surface area contributed by atoms with Gasteiger partial charge in [-0.2, -0.15) is 0 Å². The van der Waals surface area contributed by atoms with E-state index >= 15 is 0 Å². The molecule has 0 radical (unpaired) electrons. The van der Waals surface area contributed by atoms with Crippen LogP contribution in [0.25, 0.3) is 0 Å². The zero-order chi connectivity index (χ0) is 21.7. The van der Waals surface area contributed by atoms with Gasteiger partial charge in [0.1, 0.15) is 0 Å². The van der Waals surface area contributed by atoms with Crippen molar-refractivity contribution in [3.8, 4) is 0 Å². The number of hydrogen-bond donors (Lipinski definition) is 1. The largest absolute Gasteiger partial charge is 0.334 e. The highest BCUT2D eigenvalue weighted by molar-refractivity contribution is 8.01. The Hall–Kier alpha value is -2.43. The second-order valence-corrected chi connectivity index (χ2v) is 11.6. The normalized spacial score (nSPS) is 17.4. The quantitative estimate of drug-likeness (QED) is 0.499. The first-order valence-electron chi connectivity index (χ1n) is 9.81. The number of nitrogens with zero attached hydrogens (tertiary/aromatic N) is 3. The molecule has 2 heterocycles. The van der Waals surface area contributed by atoms with Gasteiger partial charge in [-0.1, -0.05) is 71.6 Å². The standard InChI is InChI=1S/C21H22N4O3S3/c26-19(14-29-21-24-23-20(30-21)22-17-9-5-2-6-10-17)25(13-16-7-3-1-4-8-16)18-11-12-31(27,28)15-18/h1-10,18H,11-15H2,(H,22,23)/t18-/m1/s1. The van der Waals surface area contributed by atoms with Gasteiger partial charge >= 0.3 is 0 Å². The third-order valence-electron chi connectivity index (χ3n) is 4.92. The fourth-order valence-corrected chi connectivity index (χ4v) is 6.78. The lowest BCUT2D eigenvalue weighted by Gasteiger charge is -2.28. The van der Waals surface area contributed by atoms with Gasteiger partial charge < -0.3 is 10.2 Å². The third kappa shape index (κ3) is 6.05. The number of hydrogen-bond acceptors (Lipinski definition) is 8. The molecule has 2 aromatic carbocycles. The molecule has 3 aromatic rings. The molecule has 1 aliphatic heterocycles. The number of carbonyl (C=O) groups is 1. The van der Waals surface area contributed by atoms with Gasteiger partial charge in [0.15, 0.2) is 14.2 Å². The zero-order valence-corrected chi connectivity index (χ0v) is 19.1. The van der Waals surface area contributed by atoms with Gasteiger partial charge in [0.2, 0.25) is 11.0 Å². The van der Waals surface area contributed by atoms with Crippen LogP contribution < -0.4 is 5.32 Å². The first kappa shape index (κ1) is 21.8. The molecule has 31 heavy (non-hydrogen) atoms. The van der Waals surface area contributed by atoms with E-state index < -0.39 is 9.84 Å². The molecule has 1 atom stereocenters. The van der Waals surface area contributed by atoms with E-state index in [1.54, 1.807) is 4.90 Å². The van der Waals surface area contributed by atoms with Gasteiger partial charge in [-0.05, 0) is 24.1 Å². The Balaban J connectivity index is 1.40. The van der Waals surface area contributed by atoms with Crippen molar-refractivity contribution in [1.29, 1.82) is 0 Å². The number of amides is 1. The molecule has 7 nitrogen and oxygen atoms in total. The van der Waals surface area contributed by atoms with Crippen molar-refractivity contribution in [2.24, 2.45) is 0 Å². The lowest BCUT2D eigenvalue weighted by molar-refractivity contribution is -0.130. The molecule has 1 fully saturated rings. The van der Waals surface area contributed by atoms with Crippen molar-refractivity contribution in [1.82, 2.24) is 15.1 Å². The zero-order valence-electron chi connectivity index (χ0n) is 16.7. The summed E-state index contributed by atoms with van der Waals surface area (Å²) in [6.07, 6.45) is 0.482. The summed E-state index contributed by atoms with van der Waals surface area (Å²) in [4.78, 5) is 14.8. The first-order valence-corrected chi connectivity index (χ1v) is 13.4. The van der Waals surface area contributed by atoms with Crippen molar-refractivity contribution in [3.05, 3.63) is 66.2 Å². The van der Waals surface area contributed by atoms with Crippen molar-refractivity contribution in [2.45, 2.75) is 23.3 Å².